The van der Waals surface area contributed by atoms with Gasteiger partial charge in [0.05, 0.1) is 11.9 Å². The minimum Gasteiger partial charge on any atom is -0.476 e. The number of aromatic carboxylic acids is 1. The molecule has 0 spiro atoms. The fraction of sp³-hybridized carbons (Fsp3) is 0.0909. The van der Waals surface area contributed by atoms with Crippen molar-refractivity contribution in [3.63, 3.8) is 0 Å². The number of aromatic nitrogens is 3. The van der Waals surface area contributed by atoms with Crippen molar-refractivity contribution in [3.8, 4) is 0 Å². The summed E-state index contributed by atoms with van der Waals surface area (Å²) in [7, 11) is 0. The summed E-state index contributed by atoms with van der Waals surface area (Å²) in [5.74, 6) is -1.48. The summed E-state index contributed by atoms with van der Waals surface area (Å²) in [6.45, 7) is -0.0920. The van der Waals surface area contributed by atoms with Gasteiger partial charge in [-0.25, -0.2) is 9.48 Å². The van der Waals surface area contributed by atoms with E-state index in [0.717, 1.165) is 3.57 Å². The zero-order valence-corrected chi connectivity index (χ0v) is 11.7. The van der Waals surface area contributed by atoms with Gasteiger partial charge in [0.25, 0.3) is 0 Å². The molecule has 1 amide bonds. The van der Waals surface area contributed by atoms with E-state index >= 15 is 0 Å². The number of nitrogens with one attached hydrogen (secondary N) is 1. The highest BCUT2D eigenvalue weighted by atomic mass is 127. The number of nitrogens with zero attached hydrogens (tertiary/aromatic N) is 3. The smallest absolute Gasteiger partial charge is 0.358 e. The van der Waals surface area contributed by atoms with Crippen LogP contribution in [0.4, 0.5) is 5.69 Å². The van der Waals surface area contributed by atoms with Gasteiger partial charge in [0.2, 0.25) is 5.91 Å². The number of carboxylic acid groups (broad SMARTS) is 1. The summed E-state index contributed by atoms with van der Waals surface area (Å²) in [6.07, 6.45) is 1.21. The highest BCUT2D eigenvalue weighted by molar-refractivity contribution is 14.1. The molecule has 2 N–H and O–H groups in total. The van der Waals surface area contributed by atoms with Gasteiger partial charge >= 0.3 is 5.97 Å². The maximum absolute atomic E-state index is 11.8. The van der Waals surface area contributed by atoms with Crippen LogP contribution in [-0.2, 0) is 11.3 Å². The van der Waals surface area contributed by atoms with Crippen molar-refractivity contribution >= 4 is 40.2 Å². The van der Waals surface area contributed by atoms with Gasteiger partial charge in [0.15, 0.2) is 5.69 Å². The highest BCUT2D eigenvalue weighted by Crippen LogP contribution is 2.16. The number of hydrogen-bond donors (Lipinski definition) is 2. The lowest BCUT2D eigenvalue weighted by Crippen LogP contribution is -2.19. The first kappa shape index (κ1) is 13.5. The number of para-hydroxylation sites is 1. The Labute approximate surface area is 121 Å². The lowest BCUT2D eigenvalue weighted by molar-refractivity contribution is -0.116. The molecule has 0 radical (unpaired) electrons. The molecule has 1 aromatic heterocycles. The minimum atomic E-state index is -1.18. The summed E-state index contributed by atoms with van der Waals surface area (Å²) in [5.41, 5.74) is 0.508. The van der Waals surface area contributed by atoms with E-state index < -0.39 is 5.97 Å². The molecule has 0 aliphatic carbocycles. The highest BCUT2D eigenvalue weighted by Gasteiger charge is 2.11. The second kappa shape index (κ2) is 5.78. The predicted molar refractivity (Wildman–Crippen MR) is 74.8 cm³/mol. The normalized spacial score (nSPS) is 10.2. The summed E-state index contributed by atoms with van der Waals surface area (Å²) in [5, 5.41) is 18.4. The molecule has 0 bridgehead atoms. The summed E-state index contributed by atoms with van der Waals surface area (Å²) < 4.78 is 2.09. The first-order valence-electron chi connectivity index (χ1n) is 5.24. The number of hydrogen-bond acceptors (Lipinski definition) is 4. The standard InChI is InChI=1S/C11H9IN4O3/c12-7-3-1-2-4-8(7)13-10(17)6-16-5-9(11(18)19)14-15-16/h1-5H,6H2,(H,13,17)(H,18,19). The number of benzene rings is 1. The molecular formula is C11H9IN4O3. The van der Waals surface area contributed by atoms with E-state index in [1.54, 1.807) is 6.07 Å². The fourth-order valence-electron chi connectivity index (χ4n) is 1.37. The van der Waals surface area contributed by atoms with Crippen molar-refractivity contribution in [2.45, 2.75) is 6.54 Å². The van der Waals surface area contributed by atoms with E-state index in [4.69, 9.17) is 5.11 Å². The van der Waals surface area contributed by atoms with Gasteiger partial charge < -0.3 is 10.4 Å². The molecule has 0 aliphatic heterocycles. The zero-order valence-electron chi connectivity index (χ0n) is 9.58. The largest absolute Gasteiger partial charge is 0.476 e. The second-order valence-corrected chi connectivity index (χ2v) is 4.80. The quantitative estimate of drug-likeness (QED) is 0.787. The van der Waals surface area contributed by atoms with Crippen molar-refractivity contribution in [3.05, 3.63) is 39.7 Å². The first-order valence-corrected chi connectivity index (χ1v) is 6.32. The summed E-state index contributed by atoms with van der Waals surface area (Å²) in [6, 6.07) is 7.33. The molecule has 19 heavy (non-hydrogen) atoms. The average molecular weight is 372 g/mol. The van der Waals surface area contributed by atoms with Crippen LogP contribution in [0.5, 0.6) is 0 Å². The number of amides is 1. The lowest BCUT2D eigenvalue weighted by Gasteiger charge is -2.06. The van der Waals surface area contributed by atoms with Crippen LogP contribution in [0.15, 0.2) is 30.5 Å². The van der Waals surface area contributed by atoms with Crippen molar-refractivity contribution in [2.24, 2.45) is 0 Å². The number of anilines is 1. The lowest BCUT2D eigenvalue weighted by atomic mass is 10.3. The third-order valence-corrected chi connectivity index (χ3v) is 3.15. The van der Waals surface area contributed by atoms with Gasteiger partial charge in [-0.15, -0.1) is 5.10 Å². The maximum Gasteiger partial charge on any atom is 0.358 e. The van der Waals surface area contributed by atoms with Crippen LogP contribution < -0.4 is 5.32 Å². The second-order valence-electron chi connectivity index (χ2n) is 3.63. The van der Waals surface area contributed by atoms with Crippen molar-refractivity contribution in [1.82, 2.24) is 15.0 Å². The number of carboxylic acids is 1. The molecule has 2 aromatic rings. The van der Waals surface area contributed by atoms with Crippen LogP contribution in [0.25, 0.3) is 0 Å². The third kappa shape index (κ3) is 3.50. The molecule has 1 aromatic carbocycles. The van der Waals surface area contributed by atoms with Gasteiger partial charge in [0, 0.05) is 3.57 Å². The maximum atomic E-state index is 11.8. The molecule has 0 saturated heterocycles. The number of carbonyl (C=O) groups excluding carboxylic acids is 1. The molecular weight excluding hydrogens is 363 g/mol. The number of carbonyl (C=O) groups is 2. The van der Waals surface area contributed by atoms with Crippen LogP contribution in [-0.4, -0.2) is 32.0 Å². The molecule has 0 aliphatic rings. The molecule has 0 saturated carbocycles. The Hall–Kier alpha value is -1.97. The Morgan fingerprint density at radius 3 is 2.74 bits per heavy atom. The van der Waals surface area contributed by atoms with Crippen LogP contribution in [0, 0.1) is 3.57 Å². The van der Waals surface area contributed by atoms with Crippen LogP contribution >= 0.6 is 22.6 Å². The van der Waals surface area contributed by atoms with Crippen LogP contribution in [0.1, 0.15) is 10.5 Å². The van der Waals surface area contributed by atoms with E-state index in [9.17, 15) is 9.59 Å². The Kier molecular flexibility index (Phi) is 4.10. The van der Waals surface area contributed by atoms with Gasteiger partial charge in [-0.2, -0.15) is 0 Å². The summed E-state index contributed by atoms with van der Waals surface area (Å²) in [4.78, 5) is 22.4. The zero-order chi connectivity index (χ0) is 13.8. The van der Waals surface area contributed by atoms with Gasteiger partial charge in [0.1, 0.15) is 6.54 Å². The average Bonchev–Trinajstić information content (AvgIpc) is 2.80. The van der Waals surface area contributed by atoms with Gasteiger partial charge in [-0.05, 0) is 34.7 Å². The number of halogens is 1. The molecule has 8 heteroatoms. The molecule has 98 valence electrons. The van der Waals surface area contributed by atoms with Crippen molar-refractivity contribution < 1.29 is 14.7 Å². The molecule has 2 rings (SSSR count). The molecule has 0 unspecified atom stereocenters. The first-order chi connectivity index (χ1) is 9.06. The minimum absolute atomic E-state index is 0.0920. The van der Waals surface area contributed by atoms with E-state index in [0.29, 0.717) is 5.69 Å². The summed E-state index contributed by atoms with van der Waals surface area (Å²) >= 11 is 2.11. The van der Waals surface area contributed by atoms with Crippen LogP contribution in [0.2, 0.25) is 0 Å². The van der Waals surface area contributed by atoms with Crippen molar-refractivity contribution in [1.29, 1.82) is 0 Å². The molecule has 1 heterocycles. The van der Waals surface area contributed by atoms with Crippen molar-refractivity contribution in [2.75, 3.05) is 5.32 Å². The van der Waals surface area contributed by atoms with E-state index in [-0.39, 0.29) is 18.1 Å². The SMILES string of the molecule is O=C(Cn1cc(C(=O)O)nn1)Nc1ccccc1I. The number of rotatable bonds is 4. The fourth-order valence-corrected chi connectivity index (χ4v) is 1.90. The Morgan fingerprint density at radius 1 is 1.37 bits per heavy atom. The monoisotopic (exact) mass is 372 g/mol. The Morgan fingerprint density at radius 2 is 2.11 bits per heavy atom. The Bertz CT molecular complexity index is 626. The topological polar surface area (TPSA) is 97.1 Å². The predicted octanol–water partition coefficient (Wildman–Crippen LogP) is 1.22. The molecule has 7 nitrogen and oxygen atoms in total. The van der Waals surface area contributed by atoms with Gasteiger partial charge in [-0.1, -0.05) is 17.3 Å². The molecule has 0 atom stereocenters. The van der Waals surface area contributed by atoms with Crippen LogP contribution in [0.3, 0.4) is 0 Å². The molecule has 0 fully saturated rings. The Balaban J connectivity index is 2.01. The van der Waals surface area contributed by atoms with E-state index in [1.165, 1.54) is 10.9 Å². The van der Waals surface area contributed by atoms with E-state index in [2.05, 4.69) is 38.2 Å². The van der Waals surface area contributed by atoms with E-state index in [1.807, 2.05) is 18.2 Å². The third-order valence-electron chi connectivity index (χ3n) is 2.21. The van der Waals surface area contributed by atoms with Gasteiger partial charge in [-0.3, -0.25) is 4.79 Å².